The quantitative estimate of drug-likeness (QED) is 0.852. The first-order valence-corrected chi connectivity index (χ1v) is 8.70. The fourth-order valence-electron chi connectivity index (χ4n) is 3.61. The van der Waals surface area contributed by atoms with Gasteiger partial charge in [0.05, 0.1) is 5.56 Å². The van der Waals surface area contributed by atoms with Gasteiger partial charge < -0.3 is 10.4 Å². The van der Waals surface area contributed by atoms with Crippen LogP contribution in [-0.4, -0.2) is 23.5 Å². The Morgan fingerprint density at radius 2 is 1.48 bits per heavy atom. The summed E-state index contributed by atoms with van der Waals surface area (Å²) < 4.78 is 0. The Labute approximate surface area is 147 Å². The number of aromatic carboxylic acids is 1. The van der Waals surface area contributed by atoms with Crippen LogP contribution in [-0.2, 0) is 0 Å². The topological polar surface area (TPSA) is 66.4 Å². The highest BCUT2D eigenvalue weighted by Crippen LogP contribution is 2.37. The van der Waals surface area contributed by atoms with Crippen LogP contribution in [0.25, 0.3) is 11.1 Å². The minimum absolute atomic E-state index is 0.149. The molecule has 0 unspecified atom stereocenters. The molecule has 130 valence electrons. The van der Waals surface area contributed by atoms with Crippen LogP contribution in [0.15, 0.2) is 48.5 Å². The molecule has 2 aromatic rings. The predicted octanol–water partition coefficient (Wildman–Crippen LogP) is 4.36. The van der Waals surface area contributed by atoms with Gasteiger partial charge >= 0.3 is 5.97 Å². The second kappa shape index (κ2) is 7.09. The molecule has 1 aliphatic carbocycles. The number of hydrogen-bond acceptors (Lipinski definition) is 2. The summed E-state index contributed by atoms with van der Waals surface area (Å²) in [6.45, 7) is 2.87. The second-order valence-electron chi connectivity index (χ2n) is 7.10. The normalized spacial score (nSPS) is 15.7. The number of rotatable bonds is 5. The molecule has 4 heteroatoms. The lowest BCUT2D eigenvalue weighted by molar-refractivity contribution is 0.0697. The molecule has 1 fully saturated rings. The first-order chi connectivity index (χ1) is 12.0. The van der Waals surface area contributed by atoms with Gasteiger partial charge in [-0.3, -0.25) is 4.79 Å². The van der Waals surface area contributed by atoms with Gasteiger partial charge in [-0.2, -0.15) is 0 Å². The number of nitrogens with one attached hydrogen (secondary N) is 1. The van der Waals surface area contributed by atoms with Crippen molar-refractivity contribution in [1.82, 2.24) is 5.32 Å². The molecule has 3 rings (SSSR count). The summed E-state index contributed by atoms with van der Waals surface area (Å²) >= 11 is 0. The molecule has 1 amide bonds. The number of amides is 1. The number of hydrogen-bond donors (Lipinski definition) is 2. The number of carboxylic acids is 1. The zero-order valence-electron chi connectivity index (χ0n) is 14.4. The molecule has 0 atom stereocenters. The van der Waals surface area contributed by atoms with E-state index in [1.165, 1.54) is 12.8 Å². The molecule has 0 spiro atoms. The molecule has 4 nitrogen and oxygen atoms in total. The van der Waals surface area contributed by atoms with Crippen molar-refractivity contribution < 1.29 is 14.7 Å². The van der Waals surface area contributed by atoms with Crippen LogP contribution in [0.4, 0.5) is 0 Å². The Hall–Kier alpha value is -2.62. The summed E-state index contributed by atoms with van der Waals surface area (Å²) in [5.41, 5.74) is 2.09. The number of carboxylic acid groups (broad SMARTS) is 1. The Kier molecular flexibility index (Phi) is 4.88. The summed E-state index contributed by atoms with van der Waals surface area (Å²) in [6.07, 6.45) is 4.71. The minimum atomic E-state index is -0.996. The van der Waals surface area contributed by atoms with E-state index in [1.807, 2.05) is 6.07 Å². The van der Waals surface area contributed by atoms with Crippen molar-refractivity contribution in [2.24, 2.45) is 5.41 Å². The maximum Gasteiger partial charge on any atom is 0.336 e. The van der Waals surface area contributed by atoms with Crippen LogP contribution in [0.3, 0.4) is 0 Å². The van der Waals surface area contributed by atoms with E-state index >= 15 is 0 Å². The number of carbonyl (C=O) groups excluding carboxylic acids is 1. The van der Waals surface area contributed by atoms with E-state index in [-0.39, 0.29) is 16.9 Å². The minimum Gasteiger partial charge on any atom is -0.478 e. The lowest BCUT2D eigenvalue weighted by Gasteiger charge is -2.24. The van der Waals surface area contributed by atoms with Crippen LogP contribution >= 0.6 is 0 Å². The van der Waals surface area contributed by atoms with Crippen LogP contribution in [0, 0.1) is 5.41 Å². The van der Waals surface area contributed by atoms with Crippen molar-refractivity contribution >= 4 is 11.9 Å². The molecule has 0 radical (unpaired) electrons. The van der Waals surface area contributed by atoms with E-state index in [9.17, 15) is 14.7 Å². The molecule has 1 saturated carbocycles. The Morgan fingerprint density at radius 3 is 2.08 bits per heavy atom. The standard InChI is InChI=1S/C21H23NO3/c1-21(12-6-7-13-21)14-22-19(23)17-10-4-2-8-15(17)16-9-3-5-11-18(16)20(24)25/h2-5,8-11H,6-7,12-14H2,1H3,(H,22,23)(H,24,25). The average Bonchev–Trinajstić information content (AvgIpc) is 3.06. The van der Waals surface area contributed by atoms with E-state index < -0.39 is 5.97 Å². The first kappa shape index (κ1) is 17.2. The summed E-state index contributed by atoms with van der Waals surface area (Å²) in [7, 11) is 0. The predicted molar refractivity (Wildman–Crippen MR) is 97.7 cm³/mol. The molecule has 0 aliphatic heterocycles. The summed E-state index contributed by atoms with van der Waals surface area (Å²) in [5, 5.41) is 12.5. The third-order valence-electron chi connectivity index (χ3n) is 5.11. The summed E-state index contributed by atoms with van der Waals surface area (Å²) in [4.78, 5) is 24.3. The number of benzene rings is 2. The van der Waals surface area contributed by atoms with Gasteiger partial charge in [-0.1, -0.05) is 56.2 Å². The Bertz CT molecular complexity index is 791. The average molecular weight is 337 g/mol. The maximum atomic E-state index is 12.8. The van der Waals surface area contributed by atoms with Gasteiger partial charge in [0.15, 0.2) is 0 Å². The third kappa shape index (κ3) is 3.73. The SMILES string of the molecule is CC1(CNC(=O)c2ccccc2-c2ccccc2C(=O)O)CCCC1. The molecule has 2 aromatic carbocycles. The van der Waals surface area contributed by atoms with Gasteiger partial charge in [0.2, 0.25) is 0 Å². The third-order valence-corrected chi connectivity index (χ3v) is 5.11. The zero-order chi connectivity index (χ0) is 17.9. The van der Waals surface area contributed by atoms with Gasteiger partial charge in [-0.25, -0.2) is 4.79 Å². The van der Waals surface area contributed by atoms with Crippen molar-refractivity contribution in [3.8, 4) is 11.1 Å². The van der Waals surface area contributed by atoms with Crippen LogP contribution in [0.2, 0.25) is 0 Å². The molecule has 0 heterocycles. The lowest BCUT2D eigenvalue weighted by atomic mass is 9.88. The second-order valence-corrected chi connectivity index (χ2v) is 7.10. The Morgan fingerprint density at radius 1 is 0.960 bits per heavy atom. The molecule has 0 saturated heterocycles. The molecule has 0 bridgehead atoms. The van der Waals surface area contributed by atoms with Crippen LogP contribution < -0.4 is 5.32 Å². The van der Waals surface area contributed by atoms with Gasteiger partial charge in [0, 0.05) is 12.1 Å². The number of carbonyl (C=O) groups is 2. The summed E-state index contributed by atoms with van der Waals surface area (Å²) in [5.74, 6) is -1.15. The monoisotopic (exact) mass is 337 g/mol. The maximum absolute atomic E-state index is 12.8. The van der Waals surface area contributed by atoms with Crippen molar-refractivity contribution in [3.63, 3.8) is 0 Å². The van der Waals surface area contributed by atoms with Gasteiger partial charge in [0.25, 0.3) is 5.91 Å². The van der Waals surface area contributed by atoms with E-state index in [0.29, 0.717) is 23.2 Å². The highest BCUT2D eigenvalue weighted by atomic mass is 16.4. The lowest BCUT2D eigenvalue weighted by Crippen LogP contribution is -2.34. The largest absolute Gasteiger partial charge is 0.478 e. The molecule has 0 aromatic heterocycles. The van der Waals surface area contributed by atoms with E-state index in [4.69, 9.17) is 0 Å². The molecule has 2 N–H and O–H groups in total. The molecule has 25 heavy (non-hydrogen) atoms. The first-order valence-electron chi connectivity index (χ1n) is 8.70. The van der Waals surface area contributed by atoms with Crippen molar-refractivity contribution in [3.05, 3.63) is 59.7 Å². The van der Waals surface area contributed by atoms with E-state index in [1.54, 1.807) is 42.5 Å². The summed E-state index contributed by atoms with van der Waals surface area (Å²) in [6, 6.07) is 14.0. The molecular weight excluding hydrogens is 314 g/mol. The highest BCUT2D eigenvalue weighted by Gasteiger charge is 2.29. The molecular formula is C21H23NO3. The van der Waals surface area contributed by atoms with Crippen LogP contribution in [0.5, 0.6) is 0 Å². The zero-order valence-corrected chi connectivity index (χ0v) is 14.4. The van der Waals surface area contributed by atoms with Crippen molar-refractivity contribution in [1.29, 1.82) is 0 Å². The smallest absolute Gasteiger partial charge is 0.336 e. The van der Waals surface area contributed by atoms with Crippen molar-refractivity contribution in [2.75, 3.05) is 6.54 Å². The van der Waals surface area contributed by atoms with Crippen molar-refractivity contribution in [2.45, 2.75) is 32.6 Å². The van der Waals surface area contributed by atoms with Gasteiger partial charge in [-0.05, 0) is 41.5 Å². The Balaban J connectivity index is 1.89. The van der Waals surface area contributed by atoms with E-state index in [0.717, 1.165) is 12.8 Å². The fourth-order valence-corrected chi connectivity index (χ4v) is 3.61. The van der Waals surface area contributed by atoms with Gasteiger partial charge in [-0.15, -0.1) is 0 Å². The fraction of sp³-hybridized carbons (Fsp3) is 0.333. The van der Waals surface area contributed by atoms with Crippen LogP contribution in [0.1, 0.15) is 53.3 Å². The van der Waals surface area contributed by atoms with Gasteiger partial charge in [0.1, 0.15) is 0 Å². The highest BCUT2D eigenvalue weighted by molar-refractivity contribution is 6.04. The molecule has 1 aliphatic rings. The van der Waals surface area contributed by atoms with E-state index in [2.05, 4.69) is 12.2 Å².